The van der Waals surface area contributed by atoms with Gasteiger partial charge in [-0.2, -0.15) is 4.98 Å². The van der Waals surface area contributed by atoms with Gasteiger partial charge in [0.25, 0.3) is 6.01 Å². The van der Waals surface area contributed by atoms with Gasteiger partial charge in [0, 0.05) is 10.9 Å². The quantitative estimate of drug-likeness (QED) is 0.766. The van der Waals surface area contributed by atoms with Gasteiger partial charge in [-0.25, -0.2) is 4.79 Å². The molecule has 1 aliphatic rings. The molecule has 106 valence electrons. The monoisotopic (exact) mass is 292 g/mol. The molecule has 0 unspecified atom stereocenters. The van der Waals surface area contributed by atoms with E-state index >= 15 is 0 Å². The molecule has 3 rings (SSSR count). The van der Waals surface area contributed by atoms with E-state index in [2.05, 4.69) is 21.3 Å². The Morgan fingerprint density at radius 3 is 3.10 bits per heavy atom. The molecule has 2 aromatic heterocycles. The number of hydrogen-bond acceptors (Lipinski definition) is 6. The largest absolute Gasteiger partial charge is 0.461 e. The number of carbonyl (C=O) groups excluding carboxylic acids is 1. The van der Waals surface area contributed by atoms with Crippen molar-refractivity contribution in [1.82, 2.24) is 4.98 Å². The van der Waals surface area contributed by atoms with Crippen LogP contribution in [0.2, 0.25) is 0 Å². The molecule has 2 aromatic rings. The lowest BCUT2D eigenvalue weighted by atomic mass is 10.4. The SMILES string of the molecule is CCOC(=O)c1coc(N(Cc2cccs2)C2CC2)n1. The van der Waals surface area contributed by atoms with Crippen molar-refractivity contribution in [3.8, 4) is 0 Å². The van der Waals surface area contributed by atoms with Crippen molar-refractivity contribution in [2.45, 2.75) is 32.4 Å². The van der Waals surface area contributed by atoms with Crippen LogP contribution in [0, 0.1) is 0 Å². The lowest BCUT2D eigenvalue weighted by Gasteiger charge is -2.18. The first kappa shape index (κ1) is 13.2. The zero-order chi connectivity index (χ0) is 13.9. The minimum absolute atomic E-state index is 0.235. The number of esters is 1. The van der Waals surface area contributed by atoms with Crippen LogP contribution in [0.5, 0.6) is 0 Å². The Hall–Kier alpha value is -1.82. The van der Waals surface area contributed by atoms with Gasteiger partial charge in [0.15, 0.2) is 5.69 Å². The molecule has 0 radical (unpaired) electrons. The molecule has 2 heterocycles. The molecule has 6 heteroatoms. The van der Waals surface area contributed by atoms with Crippen LogP contribution >= 0.6 is 11.3 Å². The molecule has 0 atom stereocenters. The number of hydrogen-bond donors (Lipinski definition) is 0. The number of ether oxygens (including phenoxy) is 1. The van der Waals surface area contributed by atoms with Crippen LogP contribution in [0.4, 0.5) is 6.01 Å². The third-order valence-electron chi connectivity index (χ3n) is 3.12. The summed E-state index contributed by atoms with van der Waals surface area (Å²) in [5.74, 6) is -0.436. The van der Waals surface area contributed by atoms with Crippen molar-refractivity contribution in [1.29, 1.82) is 0 Å². The van der Waals surface area contributed by atoms with E-state index in [0.717, 1.165) is 19.4 Å². The van der Waals surface area contributed by atoms with E-state index < -0.39 is 5.97 Å². The minimum atomic E-state index is -0.436. The fourth-order valence-corrected chi connectivity index (χ4v) is 2.71. The number of oxazole rings is 1. The van der Waals surface area contributed by atoms with Crippen molar-refractivity contribution < 1.29 is 13.9 Å². The first-order chi connectivity index (χ1) is 9.78. The van der Waals surface area contributed by atoms with Gasteiger partial charge in [0.2, 0.25) is 0 Å². The Balaban J connectivity index is 1.76. The molecule has 0 aliphatic heterocycles. The van der Waals surface area contributed by atoms with Gasteiger partial charge in [0.1, 0.15) is 6.26 Å². The van der Waals surface area contributed by atoms with E-state index in [-0.39, 0.29) is 5.69 Å². The van der Waals surface area contributed by atoms with Crippen LogP contribution in [0.25, 0.3) is 0 Å². The minimum Gasteiger partial charge on any atom is -0.461 e. The maximum atomic E-state index is 11.6. The van der Waals surface area contributed by atoms with E-state index in [1.807, 2.05) is 6.07 Å². The summed E-state index contributed by atoms with van der Waals surface area (Å²) in [6, 6.07) is 5.09. The van der Waals surface area contributed by atoms with E-state index in [1.54, 1.807) is 18.3 Å². The Bertz CT molecular complexity index is 575. The van der Waals surface area contributed by atoms with Gasteiger partial charge in [0.05, 0.1) is 13.2 Å². The fraction of sp³-hybridized carbons (Fsp3) is 0.429. The normalized spacial score (nSPS) is 14.2. The summed E-state index contributed by atoms with van der Waals surface area (Å²) < 4.78 is 10.4. The van der Waals surface area contributed by atoms with Crippen LogP contribution in [-0.4, -0.2) is 23.6 Å². The van der Waals surface area contributed by atoms with Gasteiger partial charge < -0.3 is 14.1 Å². The van der Waals surface area contributed by atoms with E-state index in [9.17, 15) is 4.79 Å². The topological polar surface area (TPSA) is 55.6 Å². The molecule has 0 amide bonds. The van der Waals surface area contributed by atoms with E-state index in [4.69, 9.17) is 9.15 Å². The Morgan fingerprint density at radius 1 is 1.60 bits per heavy atom. The van der Waals surface area contributed by atoms with Crippen LogP contribution in [-0.2, 0) is 11.3 Å². The molecule has 0 spiro atoms. The Morgan fingerprint density at radius 2 is 2.45 bits per heavy atom. The van der Waals surface area contributed by atoms with Gasteiger partial charge in [-0.15, -0.1) is 11.3 Å². The predicted octanol–water partition coefficient (Wildman–Crippen LogP) is 3.08. The Labute approximate surface area is 121 Å². The average molecular weight is 292 g/mol. The molecule has 0 aromatic carbocycles. The zero-order valence-electron chi connectivity index (χ0n) is 11.2. The summed E-state index contributed by atoms with van der Waals surface area (Å²) in [5.41, 5.74) is 0.235. The highest BCUT2D eigenvalue weighted by atomic mass is 32.1. The number of rotatable bonds is 6. The average Bonchev–Trinajstić information content (AvgIpc) is 2.95. The van der Waals surface area contributed by atoms with Crippen molar-refractivity contribution in [2.75, 3.05) is 11.5 Å². The van der Waals surface area contributed by atoms with Crippen molar-refractivity contribution in [3.63, 3.8) is 0 Å². The molecule has 1 fully saturated rings. The maximum absolute atomic E-state index is 11.6. The second-order valence-corrected chi connectivity index (χ2v) is 5.71. The maximum Gasteiger partial charge on any atom is 0.360 e. The number of anilines is 1. The first-order valence-electron chi connectivity index (χ1n) is 6.69. The highest BCUT2D eigenvalue weighted by molar-refractivity contribution is 7.09. The summed E-state index contributed by atoms with van der Waals surface area (Å²) in [6.45, 7) is 2.87. The molecular weight excluding hydrogens is 276 g/mol. The number of carbonyl (C=O) groups is 1. The van der Waals surface area contributed by atoms with Gasteiger partial charge in [-0.1, -0.05) is 6.07 Å². The second-order valence-electron chi connectivity index (χ2n) is 4.67. The molecule has 1 aliphatic carbocycles. The third-order valence-corrected chi connectivity index (χ3v) is 3.98. The fourth-order valence-electron chi connectivity index (χ4n) is 2.00. The Kier molecular flexibility index (Phi) is 3.73. The van der Waals surface area contributed by atoms with Crippen LogP contribution in [0.15, 0.2) is 28.2 Å². The van der Waals surface area contributed by atoms with Crippen LogP contribution in [0.1, 0.15) is 35.1 Å². The third kappa shape index (κ3) is 2.85. The molecule has 0 saturated heterocycles. The predicted molar refractivity (Wildman–Crippen MR) is 76.0 cm³/mol. The first-order valence-corrected chi connectivity index (χ1v) is 7.57. The molecular formula is C14H16N2O3S. The second kappa shape index (κ2) is 5.66. The van der Waals surface area contributed by atoms with Gasteiger partial charge in [-0.05, 0) is 31.2 Å². The van der Waals surface area contributed by atoms with Crippen LogP contribution < -0.4 is 4.90 Å². The molecule has 0 bridgehead atoms. The standard InChI is InChI=1S/C14H16N2O3S/c1-2-18-13(17)12-9-19-14(15-12)16(10-5-6-10)8-11-4-3-7-20-11/h3-4,7,9-10H,2,5-6,8H2,1H3. The summed E-state index contributed by atoms with van der Waals surface area (Å²) >= 11 is 1.71. The van der Waals surface area contributed by atoms with Crippen molar-refractivity contribution in [3.05, 3.63) is 34.3 Å². The molecule has 5 nitrogen and oxygen atoms in total. The smallest absolute Gasteiger partial charge is 0.360 e. The molecule has 1 saturated carbocycles. The highest BCUT2D eigenvalue weighted by Gasteiger charge is 2.32. The number of nitrogens with zero attached hydrogens (tertiary/aromatic N) is 2. The van der Waals surface area contributed by atoms with Crippen molar-refractivity contribution in [2.24, 2.45) is 0 Å². The summed E-state index contributed by atoms with van der Waals surface area (Å²) in [6.07, 6.45) is 3.65. The summed E-state index contributed by atoms with van der Waals surface area (Å²) in [5, 5.41) is 2.06. The van der Waals surface area contributed by atoms with Crippen molar-refractivity contribution >= 4 is 23.3 Å². The summed E-state index contributed by atoms with van der Waals surface area (Å²) in [4.78, 5) is 19.3. The number of aromatic nitrogens is 1. The lowest BCUT2D eigenvalue weighted by Crippen LogP contribution is -2.25. The van der Waals surface area contributed by atoms with Crippen LogP contribution in [0.3, 0.4) is 0 Å². The summed E-state index contributed by atoms with van der Waals surface area (Å²) in [7, 11) is 0. The number of thiophene rings is 1. The highest BCUT2D eigenvalue weighted by Crippen LogP contribution is 2.33. The molecule has 0 N–H and O–H groups in total. The van der Waals surface area contributed by atoms with Gasteiger partial charge in [-0.3, -0.25) is 0 Å². The zero-order valence-corrected chi connectivity index (χ0v) is 12.1. The van der Waals surface area contributed by atoms with E-state index in [1.165, 1.54) is 11.1 Å². The van der Waals surface area contributed by atoms with Gasteiger partial charge >= 0.3 is 5.97 Å². The van der Waals surface area contributed by atoms with E-state index in [0.29, 0.717) is 18.7 Å². The molecule has 20 heavy (non-hydrogen) atoms. The lowest BCUT2D eigenvalue weighted by molar-refractivity contribution is 0.0519.